The summed E-state index contributed by atoms with van der Waals surface area (Å²) in [5.74, 6) is 0.787. The third-order valence-electron chi connectivity index (χ3n) is 5.39. The zero-order chi connectivity index (χ0) is 25.5. The molecule has 3 aromatic carbocycles. The second kappa shape index (κ2) is 11.0. The van der Waals surface area contributed by atoms with Crippen molar-refractivity contribution in [3.8, 4) is 40.0 Å². The molecule has 0 aliphatic heterocycles. The fraction of sp³-hybridized carbons (Fsp3) is 0.107. The van der Waals surface area contributed by atoms with Crippen molar-refractivity contribution in [1.82, 2.24) is 4.98 Å². The van der Waals surface area contributed by atoms with Crippen LogP contribution < -0.4 is 20.5 Å². The molecule has 0 atom stereocenters. The zero-order valence-corrected chi connectivity index (χ0v) is 19.8. The summed E-state index contributed by atoms with van der Waals surface area (Å²) in [5, 5.41) is 12.9. The Morgan fingerprint density at radius 3 is 2.50 bits per heavy atom. The van der Waals surface area contributed by atoms with Crippen molar-refractivity contribution in [1.29, 1.82) is 5.26 Å². The minimum atomic E-state index is -0.388. The Kier molecular flexibility index (Phi) is 7.44. The average molecular weight is 481 g/mol. The van der Waals surface area contributed by atoms with Crippen LogP contribution in [0.1, 0.15) is 15.9 Å². The van der Waals surface area contributed by atoms with Crippen LogP contribution in [0.15, 0.2) is 78.9 Å². The fourth-order valence-corrected chi connectivity index (χ4v) is 3.67. The lowest BCUT2D eigenvalue weighted by molar-refractivity contribution is 0.0514. The van der Waals surface area contributed by atoms with Crippen LogP contribution in [-0.2, 0) is 4.74 Å². The van der Waals surface area contributed by atoms with Crippen LogP contribution in [0.4, 0.5) is 11.5 Å². The molecule has 1 amide bonds. The van der Waals surface area contributed by atoms with Crippen LogP contribution in [0.3, 0.4) is 0 Å². The number of aromatic nitrogens is 1. The monoisotopic (exact) mass is 480 g/mol. The molecule has 8 heteroatoms. The lowest BCUT2D eigenvalue weighted by Gasteiger charge is -2.16. The van der Waals surface area contributed by atoms with Gasteiger partial charge in [0.15, 0.2) is 12.6 Å². The van der Waals surface area contributed by atoms with Crippen LogP contribution in [-0.4, -0.2) is 31.9 Å². The summed E-state index contributed by atoms with van der Waals surface area (Å²) in [7, 11) is 3.08. The Bertz CT molecular complexity index is 1430. The fourth-order valence-electron chi connectivity index (χ4n) is 3.67. The predicted molar refractivity (Wildman–Crippen MR) is 138 cm³/mol. The summed E-state index contributed by atoms with van der Waals surface area (Å²) in [5.41, 5.74) is 9.58. The van der Waals surface area contributed by atoms with E-state index in [4.69, 9.17) is 19.9 Å². The maximum atomic E-state index is 13.0. The molecule has 0 unspecified atom stereocenters. The summed E-state index contributed by atoms with van der Waals surface area (Å²) in [6.07, 6.45) is 0. The van der Waals surface area contributed by atoms with Crippen molar-refractivity contribution in [2.45, 2.75) is 0 Å². The van der Waals surface area contributed by atoms with E-state index in [1.807, 2.05) is 12.1 Å². The molecule has 0 aliphatic carbocycles. The Labute approximate surface area is 208 Å². The van der Waals surface area contributed by atoms with Crippen molar-refractivity contribution in [3.05, 3.63) is 90.0 Å². The van der Waals surface area contributed by atoms with Gasteiger partial charge in [0.2, 0.25) is 0 Å². The van der Waals surface area contributed by atoms with E-state index in [9.17, 15) is 10.1 Å². The van der Waals surface area contributed by atoms with Gasteiger partial charge in [0.1, 0.15) is 23.1 Å². The summed E-state index contributed by atoms with van der Waals surface area (Å²) in [6, 6.07) is 25.1. The number of nitriles is 1. The van der Waals surface area contributed by atoms with Gasteiger partial charge in [-0.15, -0.1) is 0 Å². The van der Waals surface area contributed by atoms with E-state index in [0.717, 1.165) is 0 Å². The van der Waals surface area contributed by atoms with Crippen LogP contribution in [0.25, 0.3) is 22.4 Å². The lowest BCUT2D eigenvalue weighted by atomic mass is 9.97. The van der Waals surface area contributed by atoms with E-state index >= 15 is 0 Å². The number of nitrogens with one attached hydrogen (secondary N) is 1. The number of hydrogen-bond acceptors (Lipinski definition) is 7. The van der Waals surface area contributed by atoms with Gasteiger partial charge in [-0.3, -0.25) is 4.79 Å². The summed E-state index contributed by atoms with van der Waals surface area (Å²) < 4.78 is 16.2. The molecule has 0 radical (unpaired) electrons. The van der Waals surface area contributed by atoms with Crippen LogP contribution in [0, 0.1) is 11.3 Å². The van der Waals surface area contributed by atoms with Crippen LogP contribution in [0.5, 0.6) is 11.5 Å². The average Bonchev–Trinajstić information content (AvgIpc) is 2.91. The number of rotatable bonds is 8. The molecule has 0 fully saturated rings. The SMILES string of the molecule is COCOc1cc(OC)ccc1-c1cc(-c2cccc(N)c2)c(C#N)c(NC(=O)c2ccccc2)n1. The van der Waals surface area contributed by atoms with E-state index < -0.39 is 0 Å². The summed E-state index contributed by atoms with van der Waals surface area (Å²) in [6.45, 7) is 0.0100. The zero-order valence-electron chi connectivity index (χ0n) is 19.8. The highest BCUT2D eigenvalue weighted by Crippen LogP contribution is 2.38. The van der Waals surface area contributed by atoms with Gasteiger partial charge in [0.05, 0.1) is 12.8 Å². The van der Waals surface area contributed by atoms with Gasteiger partial charge in [-0.2, -0.15) is 5.26 Å². The standard InChI is InChI=1S/C28H24N4O4/c1-34-17-36-26-14-21(35-2)11-12-22(26)25-15-23(19-9-6-10-20(30)13-19)24(16-29)27(31-25)32-28(33)18-7-4-3-5-8-18/h3-15H,17,30H2,1-2H3,(H,31,32,33). The normalized spacial score (nSPS) is 10.4. The van der Waals surface area contributed by atoms with E-state index in [0.29, 0.717) is 45.1 Å². The molecule has 4 aromatic rings. The van der Waals surface area contributed by atoms with Crippen molar-refractivity contribution < 1.29 is 19.0 Å². The minimum absolute atomic E-state index is 0.0100. The molecule has 0 bridgehead atoms. The number of anilines is 2. The quantitative estimate of drug-likeness (QED) is 0.265. The maximum Gasteiger partial charge on any atom is 0.256 e. The molecule has 0 spiro atoms. The van der Waals surface area contributed by atoms with Gasteiger partial charge >= 0.3 is 0 Å². The number of nitrogen functional groups attached to an aromatic ring is 1. The number of amides is 1. The highest BCUT2D eigenvalue weighted by molar-refractivity contribution is 6.05. The van der Waals surface area contributed by atoms with Gasteiger partial charge in [-0.05, 0) is 48.0 Å². The topological polar surface area (TPSA) is 119 Å². The number of carbonyl (C=O) groups excluding carboxylic acids is 1. The molecule has 3 N–H and O–H groups in total. The summed E-state index contributed by atoms with van der Waals surface area (Å²) in [4.78, 5) is 17.7. The first kappa shape index (κ1) is 24.3. The van der Waals surface area contributed by atoms with Crippen LogP contribution >= 0.6 is 0 Å². The first-order valence-electron chi connectivity index (χ1n) is 11.0. The molecule has 8 nitrogen and oxygen atoms in total. The predicted octanol–water partition coefficient (Wildman–Crippen LogP) is 5.11. The van der Waals surface area contributed by atoms with E-state index in [2.05, 4.69) is 16.4 Å². The number of carbonyl (C=O) groups is 1. The molecule has 1 heterocycles. The minimum Gasteiger partial charge on any atom is -0.497 e. The molecule has 36 heavy (non-hydrogen) atoms. The third-order valence-corrected chi connectivity index (χ3v) is 5.39. The first-order chi connectivity index (χ1) is 17.5. The summed E-state index contributed by atoms with van der Waals surface area (Å²) >= 11 is 0. The van der Waals surface area contributed by atoms with Crippen molar-refractivity contribution in [2.75, 3.05) is 32.1 Å². The highest BCUT2D eigenvalue weighted by atomic mass is 16.7. The van der Waals surface area contributed by atoms with E-state index in [1.165, 1.54) is 7.11 Å². The third kappa shape index (κ3) is 5.27. The molecule has 0 aliphatic rings. The number of ether oxygens (including phenoxy) is 3. The van der Waals surface area contributed by atoms with Gasteiger partial charge in [0.25, 0.3) is 5.91 Å². The Hall–Kier alpha value is -4.87. The molecule has 0 saturated heterocycles. The van der Waals surface area contributed by atoms with Crippen molar-refractivity contribution >= 4 is 17.4 Å². The Morgan fingerprint density at radius 1 is 1.00 bits per heavy atom. The maximum absolute atomic E-state index is 13.0. The second-order valence-corrected chi connectivity index (χ2v) is 7.75. The number of pyridine rings is 1. The van der Waals surface area contributed by atoms with E-state index in [1.54, 1.807) is 73.8 Å². The number of nitrogens with zero attached hydrogens (tertiary/aromatic N) is 2. The first-order valence-corrected chi connectivity index (χ1v) is 11.0. The molecule has 1 aromatic heterocycles. The smallest absolute Gasteiger partial charge is 0.256 e. The molecular weight excluding hydrogens is 456 g/mol. The Morgan fingerprint density at radius 2 is 1.81 bits per heavy atom. The van der Waals surface area contributed by atoms with Gasteiger partial charge in [-0.1, -0.05) is 30.3 Å². The van der Waals surface area contributed by atoms with Gasteiger partial charge in [-0.25, -0.2) is 4.98 Å². The second-order valence-electron chi connectivity index (χ2n) is 7.75. The van der Waals surface area contributed by atoms with Gasteiger partial charge in [0, 0.05) is 35.6 Å². The number of nitrogens with two attached hydrogens (primary N) is 1. The Balaban J connectivity index is 1.92. The molecule has 4 rings (SSSR count). The largest absolute Gasteiger partial charge is 0.497 e. The number of methoxy groups -OCH3 is 2. The van der Waals surface area contributed by atoms with Crippen molar-refractivity contribution in [2.24, 2.45) is 0 Å². The number of benzene rings is 3. The molecule has 0 saturated carbocycles. The number of hydrogen-bond donors (Lipinski definition) is 2. The molecular formula is C28H24N4O4. The van der Waals surface area contributed by atoms with Gasteiger partial charge < -0.3 is 25.3 Å². The van der Waals surface area contributed by atoms with Crippen molar-refractivity contribution in [3.63, 3.8) is 0 Å². The lowest BCUT2D eigenvalue weighted by Crippen LogP contribution is -2.15. The molecule has 180 valence electrons. The van der Waals surface area contributed by atoms with Crippen LogP contribution in [0.2, 0.25) is 0 Å². The highest BCUT2D eigenvalue weighted by Gasteiger charge is 2.20. The van der Waals surface area contributed by atoms with E-state index in [-0.39, 0.29) is 24.1 Å².